The van der Waals surface area contributed by atoms with E-state index in [2.05, 4.69) is 55.9 Å². The van der Waals surface area contributed by atoms with E-state index in [4.69, 9.17) is 59.0 Å². The molecule has 0 spiro atoms. The largest absolute Gasteiger partial charge is 0.490 e. The third kappa shape index (κ3) is 17.6. The maximum Gasteiger partial charge on any atom is 0.490 e. The minimum absolute atomic E-state index is 0.0156. The number of hydrogen-bond donors (Lipinski definition) is 11. The van der Waals surface area contributed by atoms with E-state index in [1.54, 1.807) is 6.92 Å². The molecule has 41 heteroatoms. The van der Waals surface area contributed by atoms with Crippen LogP contribution in [-0.2, 0) is 72.6 Å². The number of rotatable bonds is 23. The highest BCUT2D eigenvalue weighted by molar-refractivity contribution is 8.76. The second-order valence-corrected chi connectivity index (χ2v) is 24.9. The van der Waals surface area contributed by atoms with Crippen LogP contribution in [-0.4, -0.2) is 119 Å². The summed E-state index contributed by atoms with van der Waals surface area (Å²) in [5, 5.41) is 0.334. The van der Waals surface area contributed by atoms with Gasteiger partial charge < -0.3 is 74.1 Å². The van der Waals surface area contributed by atoms with Crippen LogP contribution in [0.1, 0.15) is 49.8 Å². The minimum atomic E-state index is -5.89. The number of nitrogens with two attached hydrogens (primary N) is 2. The molecule has 2 fully saturated rings. The zero-order valence-electron chi connectivity index (χ0n) is 35.2. The number of hydrogen-bond acceptors (Lipinski definition) is 24. The Bertz CT molecular complexity index is 2930. The summed E-state index contributed by atoms with van der Waals surface area (Å²) < 4.78 is 122. The van der Waals surface area contributed by atoms with Gasteiger partial charge in [-0.3, -0.25) is 23.4 Å². The number of anilines is 1. The molecule has 2 aliphatic rings. The molecule has 0 aromatic carbocycles. The lowest BCUT2D eigenvalue weighted by Gasteiger charge is -2.21. The number of aromatic amines is 1. The molecule has 0 bridgehead atoms. The lowest BCUT2D eigenvalue weighted by molar-refractivity contribution is -0.0544. The number of ether oxygens (including phenoxy) is 4. The maximum absolute atomic E-state index is 12.8. The van der Waals surface area contributed by atoms with Gasteiger partial charge in [0.15, 0.2) is 0 Å². The van der Waals surface area contributed by atoms with Gasteiger partial charge in [-0.1, -0.05) is 52.2 Å². The molecule has 5 heterocycles. The fourth-order valence-electron chi connectivity index (χ4n) is 6.17. The molecule has 0 amide bonds. The van der Waals surface area contributed by atoms with Crippen molar-refractivity contribution in [2.45, 2.75) is 63.1 Å². The Morgan fingerprint density at radius 1 is 0.729 bits per heavy atom. The summed E-state index contributed by atoms with van der Waals surface area (Å²) >= 11 is 0. The molecule has 2 aliphatic heterocycles. The Kier molecular flexibility index (Phi) is 20.3. The highest BCUT2D eigenvalue weighted by Crippen LogP contribution is 2.67. The van der Waals surface area contributed by atoms with Crippen LogP contribution >= 0.6 is 68.5 Å². The number of phosphoric acid groups is 6. The molecule has 33 nitrogen and oxygen atoms in total. The van der Waals surface area contributed by atoms with E-state index in [9.17, 15) is 56.6 Å². The second-order valence-electron chi connectivity index (χ2n) is 13.7. The molecule has 3 aromatic heterocycles. The fraction of sp³-hybridized carbons (Fsp3) is 0.517. The molecule has 5 rings (SSSR count). The summed E-state index contributed by atoms with van der Waals surface area (Å²) in [6.45, 7) is -0.191. The molecule has 3 aromatic rings. The minimum Gasteiger partial charge on any atom is -0.383 e. The van der Waals surface area contributed by atoms with Gasteiger partial charge >= 0.3 is 52.6 Å². The van der Waals surface area contributed by atoms with Crippen molar-refractivity contribution in [3.05, 3.63) is 50.7 Å². The van der Waals surface area contributed by atoms with E-state index in [1.807, 2.05) is 0 Å². The first-order chi connectivity index (χ1) is 32.5. The third-order valence-corrected chi connectivity index (χ3v) is 18.0. The SMILES string of the molecule is CCC#Cc1cn([C@H]2CC(OCSSCOC3C[C@H](n4cc(C#CCN)c5c(N)ncnc54)O[C@@H]3COP(=O)(O)OP(=O)(O)OP(=O)(O)O)[C@@H](COP(=O)(O)OP(=O)(O)OP(=O)(O)O)O2)c(=O)[nH]c1=O. The average Bonchev–Trinajstić information content (AvgIpc) is 3.92. The van der Waals surface area contributed by atoms with Gasteiger partial charge in [-0.15, -0.1) is 0 Å². The normalized spacial score (nSPS) is 24.1. The lowest BCUT2D eigenvalue weighted by Crippen LogP contribution is -2.33. The summed E-state index contributed by atoms with van der Waals surface area (Å²) in [5.41, 5.74) is 10.4. The number of nitrogens with zero attached hydrogens (tertiary/aromatic N) is 4. The van der Waals surface area contributed by atoms with Gasteiger partial charge in [0.1, 0.15) is 59.9 Å². The number of nitrogens with one attached hydrogen (secondary N) is 1. The summed E-state index contributed by atoms with van der Waals surface area (Å²) in [6, 6.07) is 0. The molecule has 70 heavy (non-hydrogen) atoms. The predicted octanol–water partition coefficient (Wildman–Crippen LogP) is 0.964. The summed E-state index contributed by atoms with van der Waals surface area (Å²) in [4.78, 5) is 110. The summed E-state index contributed by atoms with van der Waals surface area (Å²) in [7, 11) is -32.4. The molecule has 2 saturated heterocycles. The van der Waals surface area contributed by atoms with E-state index in [-0.39, 0.29) is 48.3 Å². The maximum atomic E-state index is 12.8. The molecule has 0 aliphatic carbocycles. The number of aromatic nitrogens is 5. The molecular weight excluding hydrogens is 1110 g/mol. The first-order valence-electron chi connectivity index (χ1n) is 19.0. The van der Waals surface area contributed by atoms with Crippen LogP contribution < -0.4 is 22.7 Å². The number of fused-ring (bicyclic) bond motifs is 1. The van der Waals surface area contributed by atoms with Crippen molar-refractivity contribution >= 4 is 85.4 Å². The number of nitrogen functional groups attached to an aromatic ring is 1. The Morgan fingerprint density at radius 2 is 1.21 bits per heavy atom. The smallest absolute Gasteiger partial charge is 0.383 e. The first kappa shape index (κ1) is 58.4. The van der Waals surface area contributed by atoms with Crippen LogP contribution in [0.3, 0.4) is 0 Å². The Morgan fingerprint density at radius 3 is 1.70 bits per heavy atom. The van der Waals surface area contributed by atoms with E-state index in [0.717, 1.165) is 32.4 Å². The van der Waals surface area contributed by atoms with Crippen molar-refractivity contribution in [1.82, 2.24) is 24.1 Å². The quantitative estimate of drug-likeness (QED) is 0.0207. The van der Waals surface area contributed by atoms with Gasteiger partial charge in [-0.05, 0) is 0 Å². The molecule has 10 atom stereocenters. The summed E-state index contributed by atoms with van der Waals surface area (Å²) in [6.07, 6.45) is -3.21. The molecule has 0 radical (unpaired) electrons. The Balaban J connectivity index is 1.28. The standard InChI is InChI=1S/C29H41N7O26P6S2/c1-2-3-5-18-11-36(29(38)34-28(18)37)24-9-20(22(58-24)13-56-66(47,48)62-68(51,52)60-64(42,43)44)54-16-70-69-15-53-19-8-23(35-10-17(6-4-7-30)25-26(31)32-14-33-27(25)35)57-21(19)12-55-65(45,46)61-67(49,50)59-63(39,40)41/h10-11,14,19-24H,2,7-9,12-13,15-16,30H2,1H3,(H,45,46)(H,47,48)(H,49,50)(H,51,52)(H2,31,32,33)(H,34,37,38)(H2,39,40,41)(H2,42,43,44)/t19?,20?,21-,22-,23-,24-/m1/s1. The topological polar surface area (TPSA) is 494 Å². The van der Waals surface area contributed by atoms with Crippen molar-refractivity contribution < 1.29 is 112 Å². The molecule has 0 saturated carbocycles. The van der Waals surface area contributed by atoms with Crippen LogP contribution in [0.5, 0.6) is 0 Å². The van der Waals surface area contributed by atoms with Crippen molar-refractivity contribution in [3.63, 3.8) is 0 Å². The Hall–Kier alpha value is -2.46. The van der Waals surface area contributed by atoms with E-state index in [1.165, 1.54) is 17.1 Å². The zero-order valence-corrected chi connectivity index (χ0v) is 42.2. The van der Waals surface area contributed by atoms with Crippen molar-refractivity contribution in [3.8, 4) is 23.7 Å². The van der Waals surface area contributed by atoms with Gasteiger partial charge in [0.2, 0.25) is 0 Å². The van der Waals surface area contributed by atoms with Crippen LogP contribution in [0.4, 0.5) is 5.82 Å². The van der Waals surface area contributed by atoms with E-state index in [0.29, 0.717) is 17.4 Å². The fourth-order valence-corrected chi connectivity index (χ4v) is 13.6. The van der Waals surface area contributed by atoms with Crippen LogP contribution in [0.2, 0.25) is 0 Å². The van der Waals surface area contributed by atoms with Crippen LogP contribution in [0.25, 0.3) is 11.0 Å². The highest BCUT2D eigenvalue weighted by Gasteiger charge is 2.46. The Labute approximate surface area is 400 Å². The molecular formula is C29H41N7O26P6S2. The van der Waals surface area contributed by atoms with Gasteiger partial charge in [0.05, 0.1) is 42.9 Å². The highest BCUT2D eigenvalue weighted by atomic mass is 33.1. The third-order valence-electron chi connectivity index (χ3n) is 8.69. The van der Waals surface area contributed by atoms with Gasteiger partial charge in [0, 0.05) is 31.7 Å². The van der Waals surface area contributed by atoms with Crippen molar-refractivity contribution in [1.29, 1.82) is 0 Å². The van der Waals surface area contributed by atoms with E-state index >= 15 is 0 Å². The monoisotopic (exact) mass is 1150 g/mol. The summed E-state index contributed by atoms with van der Waals surface area (Å²) in [5.74, 6) is 10.4. The molecule has 390 valence electrons. The first-order valence-corrected chi connectivity index (χ1v) is 30.5. The van der Waals surface area contributed by atoms with Crippen LogP contribution in [0.15, 0.2) is 28.3 Å². The number of H-pyrrole nitrogens is 1. The zero-order chi connectivity index (χ0) is 51.9. The average molecular weight is 1150 g/mol. The van der Waals surface area contributed by atoms with Crippen molar-refractivity contribution in [2.75, 3.05) is 37.4 Å². The van der Waals surface area contributed by atoms with E-state index < -0.39 is 108 Å². The predicted molar refractivity (Wildman–Crippen MR) is 238 cm³/mol. The van der Waals surface area contributed by atoms with Gasteiger partial charge in [-0.2, -0.15) is 17.2 Å². The lowest BCUT2D eigenvalue weighted by atomic mass is 10.2. The number of phosphoric ester groups is 2. The van der Waals surface area contributed by atoms with Crippen LogP contribution in [0, 0.1) is 23.7 Å². The van der Waals surface area contributed by atoms with Gasteiger partial charge in [-0.25, -0.2) is 42.2 Å². The van der Waals surface area contributed by atoms with Gasteiger partial charge in [0.25, 0.3) is 5.56 Å². The molecule has 6 unspecified atom stereocenters. The van der Waals surface area contributed by atoms with Crippen molar-refractivity contribution in [2.24, 2.45) is 5.73 Å². The second kappa shape index (κ2) is 24.3. The molecule has 13 N–H and O–H groups in total.